The average Bonchev–Trinajstić information content (AvgIpc) is 2.88. The summed E-state index contributed by atoms with van der Waals surface area (Å²) in [6, 6.07) is 17.9. The summed E-state index contributed by atoms with van der Waals surface area (Å²) >= 11 is 0. The maximum absolute atomic E-state index is 12.3. The van der Waals surface area contributed by atoms with Gasteiger partial charge in [-0.15, -0.1) is 0 Å². The van der Waals surface area contributed by atoms with E-state index in [4.69, 9.17) is 0 Å². The van der Waals surface area contributed by atoms with Gasteiger partial charge in [-0.2, -0.15) is 5.10 Å². The van der Waals surface area contributed by atoms with Gasteiger partial charge in [0.15, 0.2) is 0 Å². The van der Waals surface area contributed by atoms with E-state index in [9.17, 15) is 4.79 Å². The number of amides is 1. The first-order chi connectivity index (χ1) is 12.0. The van der Waals surface area contributed by atoms with Gasteiger partial charge in [-0.25, -0.2) is 0 Å². The van der Waals surface area contributed by atoms with Crippen LogP contribution >= 0.6 is 0 Å². The van der Waals surface area contributed by atoms with Crippen LogP contribution in [0.4, 0.5) is 0 Å². The molecule has 128 valence electrons. The number of rotatable bonds is 5. The van der Waals surface area contributed by atoms with E-state index in [0.717, 1.165) is 29.1 Å². The van der Waals surface area contributed by atoms with Crippen molar-refractivity contribution in [2.45, 2.75) is 33.9 Å². The van der Waals surface area contributed by atoms with Crippen LogP contribution in [0.3, 0.4) is 0 Å². The van der Waals surface area contributed by atoms with Gasteiger partial charge < -0.3 is 5.32 Å². The molecule has 0 fully saturated rings. The Kier molecular flexibility index (Phi) is 4.98. The Labute approximate surface area is 148 Å². The topological polar surface area (TPSA) is 46.9 Å². The van der Waals surface area contributed by atoms with Gasteiger partial charge in [-0.05, 0) is 38.5 Å². The smallest absolute Gasteiger partial charge is 0.251 e. The van der Waals surface area contributed by atoms with Crippen molar-refractivity contribution in [3.8, 4) is 0 Å². The second kappa shape index (κ2) is 7.34. The number of hydrogen-bond donors (Lipinski definition) is 1. The monoisotopic (exact) mass is 333 g/mol. The van der Waals surface area contributed by atoms with E-state index in [0.29, 0.717) is 12.1 Å². The number of nitrogens with one attached hydrogen (secondary N) is 1. The summed E-state index contributed by atoms with van der Waals surface area (Å²) in [5, 5.41) is 7.63. The maximum Gasteiger partial charge on any atom is 0.251 e. The summed E-state index contributed by atoms with van der Waals surface area (Å²) in [4.78, 5) is 12.3. The highest BCUT2D eigenvalue weighted by Crippen LogP contribution is 2.15. The maximum atomic E-state index is 12.3. The molecule has 3 rings (SSSR count). The van der Waals surface area contributed by atoms with E-state index >= 15 is 0 Å². The zero-order valence-electron chi connectivity index (χ0n) is 14.9. The summed E-state index contributed by atoms with van der Waals surface area (Å²) in [5.74, 6) is -0.0605. The molecule has 1 N–H and O–H groups in total. The number of benzene rings is 2. The molecule has 2 aromatic carbocycles. The first kappa shape index (κ1) is 17.0. The van der Waals surface area contributed by atoms with Gasteiger partial charge in [-0.3, -0.25) is 9.48 Å². The number of aromatic nitrogens is 2. The van der Waals surface area contributed by atoms with Crippen LogP contribution in [0.15, 0.2) is 54.6 Å². The van der Waals surface area contributed by atoms with Gasteiger partial charge in [0.1, 0.15) is 0 Å². The molecule has 25 heavy (non-hydrogen) atoms. The van der Waals surface area contributed by atoms with Gasteiger partial charge in [0.05, 0.1) is 12.2 Å². The highest BCUT2D eigenvalue weighted by atomic mass is 16.1. The van der Waals surface area contributed by atoms with Crippen LogP contribution in [-0.4, -0.2) is 15.7 Å². The van der Waals surface area contributed by atoms with E-state index < -0.39 is 0 Å². The lowest BCUT2D eigenvalue weighted by Gasteiger charge is -2.08. The van der Waals surface area contributed by atoms with E-state index in [2.05, 4.69) is 29.5 Å². The zero-order chi connectivity index (χ0) is 17.8. The third-order valence-electron chi connectivity index (χ3n) is 4.45. The first-order valence-electron chi connectivity index (χ1n) is 8.46. The Balaban J connectivity index is 1.70. The molecule has 0 saturated carbocycles. The van der Waals surface area contributed by atoms with Crippen LogP contribution < -0.4 is 5.32 Å². The molecule has 0 bridgehead atoms. The van der Waals surface area contributed by atoms with Crippen LogP contribution in [0, 0.1) is 20.8 Å². The summed E-state index contributed by atoms with van der Waals surface area (Å²) in [7, 11) is 0. The lowest BCUT2D eigenvalue weighted by atomic mass is 10.1. The quantitative estimate of drug-likeness (QED) is 0.772. The average molecular weight is 333 g/mol. The van der Waals surface area contributed by atoms with Crippen molar-refractivity contribution in [1.29, 1.82) is 0 Å². The summed E-state index contributed by atoms with van der Waals surface area (Å²) in [6.07, 6.45) is 0. The van der Waals surface area contributed by atoms with Gasteiger partial charge in [0.2, 0.25) is 0 Å². The number of nitrogens with zero attached hydrogens (tertiary/aromatic N) is 2. The highest BCUT2D eigenvalue weighted by Gasteiger charge is 2.13. The minimum Gasteiger partial charge on any atom is -0.348 e. The molecule has 0 spiro atoms. The molecular weight excluding hydrogens is 310 g/mol. The Morgan fingerprint density at radius 3 is 2.36 bits per heavy atom. The number of hydrogen-bond acceptors (Lipinski definition) is 2. The molecule has 1 aromatic heterocycles. The number of aryl methyl sites for hydroxylation is 2. The third kappa shape index (κ3) is 3.97. The van der Waals surface area contributed by atoms with E-state index in [1.807, 2.05) is 61.0 Å². The highest BCUT2D eigenvalue weighted by molar-refractivity contribution is 5.94. The lowest BCUT2D eigenvalue weighted by molar-refractivity contribution is 0.0951. The zero-order valence-corrected chi connectivity index (χ0v) is 14.9. The van der Waals surface area contributed by atoms with Crippen molar-refractivity contribution in [2.75, 3.05) is 0 Å². The molecule has 3 aromatic rings. The fourth-order valence-corrected chi connectivity index (χ4v) is 2.88. The Hall–Kier alpha value is -2.88. The fourth-order valence-electron chi connectivity index (χ4n) is 2.88. The van der Waals surface area contributed by atoms with Crippen LogP contribution in [0.2, 0.25) is 0 Å². The second-order valence-electron chi connectivity index (χ2n) is 6.34. The Morgan fingerprint density at radius 2 is 1.68 bits per heavy atom. The molecule has 4 heteroatoms. The Morgan fingerprint density at radius 1 is 1.00 bits per heavy atom. The van der Waals surface area contributed by atoms with Crippen molar-refractivity contribution in [3.05, 3.63) is 88.2 Å². The van der Waals surface area contributed by atoms with Crippen molar-refractivity contribution < 1.29 is 4.79 Å². The van der Waals surface area contributed by atoms with Gasteiger partial charge in [0.25, 0.3) is 5.91 Å². The van der Waals surface area contributed by atoms with Crippen LogP contribution in [0.5, 0.6) is 0 Å². The molecule has 4 nitrogen and oxygen atoms in total. The predicted octanol–water partition coefficient (Wildman–Crippen LogP) is 3.79. The lowest BCUT2D eigenvalue weighted by Crippen LogP contribution is -2.23. The standard InChI is InChI=1S/C21H23N3O/c1-15-9-11-19(12-10-15)21(25)22-13-20-16(2)23-24(17(20)3)14-18-7-5-4-6-8-18/h4-12H,13-14H2,1-3H3,(H,22,25). The van der Waals surface area contributed by atoms with E-state index in [1.165, 1.54) is 5.56 Å². The molecule has 0 unspecified atom stereocenters. The van der Waals surface area contributed by atoms with E-state index in [1.54, 1.807) is 0 Å². The van der Waals surface area contributed by atoms with Crippen LogP contribution in [0.25, 0.3) is 0 Å². The molecule has 0 aliphatic rings. The molecule has 0 radical (unpaired) electrons. The van der Waals surface area contributed by atoms with Crippen molar-refractivity contribution >= 4 is 5.91 Å². The number of carbonyl (C=O) groups excluding carboxylic acids is 1. The Bertz CT molecular complexity index is 864. The minimum absolute atomic E-state index is 0.0605. The van der Waals surface area contributed by atoms with Gasteiger partial charge in [-0.1, -0.05) is 48.0 Å². The summed E-state index contributed by atoms with van der Waals surface area (Å²) in [6.45, 7) is 7.27. The molecular formula is C21H23N3O. The number of carbonyl (C=O) groups is 1. The molecule has 1 heterocycles. The first-order valence-corrected chi connectivity index (χ1v) is 8.46. The van der Waals surface area contributed by atoms with Crippen molar-refractivity contribution in [3.63, 3.8) is 0 Å². The van der Waals surface area contributed by atoms with Crippen molar-refractivity contribution in [1.82, 2.24) is 15.1 Å². The molecule has 0 atom stereocenters. The summed E-state index contributed by atoms with van der Waals surface area (Å²) < 4.78 is 2.00. The minimum atomic E-state index is -0.0605. The van der Waals surface area contributed by atoms with Gasteiger partial charge >= 0.3 is 0 Å². The largest absolute Gasteiger partial charge is 0.348 e. The SMILES string of the molecule is Cc1ccc(C(=O)NCc2c(C)nn(Cc3ccccc3)c2C)cc1. The van der Waals surface area contributed by atoms with Crippen molar-refractivity contribution in [2.24, 2.45) is 0 Å². The van der Waals surface area contributed by atoms with Crippen LogP contribution in [-0.2, 0) is 13.1 Å². The molecule has 0 aliphatic carbocycles. The predicted molar refractivity (Wildman–Crippen MR) is 99.6 cm³/mol. The molecule has 0 aliphatic heterocycles. The molecule has 0 saturated heterocycles. The van der Waals surface area contributed by atoms with Gasteiger partial charge in [0, 0.05) is 23.4 Å². The molecule has 1 amide bonds. The normalized spacial score (nSPS) is 10.7. The van der Waals surface area contributed by atoms with Crippen LogP contribution in [0.1, 0.15) is 38.4 Å². The third-order valence-corrected chi connectivity index (χ3v) is 4.45. The fraction of sp³-hybridized carbons (Fsp3) is 0.238. The second-order valence-corrected chi connectivity index (χ2v) is 6.34. The summed E-state index contributed by atoms with van der Waals surface area (Å²) in [5.41, 5.74) is 6.16. The van der Waals surface area contributed by atoms with E-state index in [-0.39, 0.29) is 5.91 Å².